The van der Waals surface area contributed by atoms with Crippen LogP contribution < -0.4 is 5.32 Å². The summed E-state index contributed by atoms with van der Waals surface area (Å²) in [6, 6.07) is 2.08. The summed E-state index contributed by atoms with van der Waals surface area (Å²) < 4.78 is 0.420. The Bertz CT molecular complexity index is 386. The standard InChI is InChI=1S/C14H23N3S/c1-11(2)12-8-13(17-10-16-12)15-9-14(18-3)6-4-5-7-14/h8,10-11H,4-7,9H2,1-3H3,(H,15,16,17). The number of anilines is 1. The van der Waals surface area contributed by atoms with Crippen molar-refractivity contribution in [1.29, 1.82) is 0 Å². The van der Waals surface area contributed by atoms with Gasteiger partial charge in [0.05, 0.1) is 0 Å². The molecule has 0 bridgehead atoms. The summed E-state index contributed by atoms with van der Waals surface area (Å²) in [7, 11) is 0. The fourth-order valence-corrected chi connectivity index (χ4v) is 3.42. The van der Waals surface area contributed by atoms with Crippen LogP contribution in [0.3, 0.4) is 0 Å². The molecule has 1 aliphatic rings. The van der Waals surface area contributed by atoms with E-state index in [9.17, 15) is 0 Å². The fraction of sp³-hybridized carbons (Fsp3) is 0.714. The van der Waals surface area contributed by atoms with Crippen molar-refractivity contribution in [3.05, 3.63) is 18.1 Å². The van der Waals surface area contributed by atoms with Gasteiger partial charge in [-0.2, -0.15) is 11.8 Å². The predicted octanol–water partition coefficient (Wildman–Crippen LogP) is 3.69. The van der Waals surface area contributed by atoms with E-state index in [0.717, 1.165) is 18.1 Å². The second kappa shape index (κ2) is 5.91. The molecule has 18 heavy (non-hydrogen) atoms. The summed E-state index contributed by atoms with van der Waals surface area (Å²) in [4.78, 5) is 8.62. The van der Waals surface area contributed by atoms with Gasteiger partial charge in [0.1, 0.15) is 12.1 Å². The molecule has 100 valence electrons. The van der Waals surface area contributed by atoms with Crippen LogP contribution >= 0.6 is 11.8 Å². The Kier molecular flexibility index (Phi) is 4.49. The molecule has 1 N–H and O–H groups in total. The van der Waals surface area contributed by atoms with Crippen LogP contribution in [0.15, 0.2) is 12.4 Å². The van der Waals surface area contributed by atoms with Crippen molar-refractivity contribution in [2.45, 2.75) is 50.2 Å². The van der Waals surface area contributed by atoms with Gasteiger partial charge in [-0.05, 0) is 25.0 Å². The van der Waals surface area contributed by atoms with E-state index in [1.165, 1.54) is 25.7 Å². The van der Waals surface area contributed by atoms with Crippen molar-refractivity contribution in [3.8, 4) is 0 Å². The largest absolute Gasteiger partial charge is 0.369 e. The number of hydrogen-bond acceptors (Lipinski definition) is 4. The van der Waals surface area contributed by atoms with Crippen molar-refractivity contribution in [3.63, 3.8) is 0 Å². The minimum absolute atomic E-state index is 0.420. The van der Waals surface area contributed by atoms with Crippen LogP contribution in [0.25, 0.3) is 0 Å². The molecule has 1 saturated carbocycles. The zero-order chi connectivity index (χ0) is 13.0. The summed E-state index contributed by atoms with van der Waals surface area (Å²) in [6.07, 6.45) is 9.27. The maximum Gasteiger partial charge on any atom is 0.129 e. The zero-order valence-corrected chi connectivity index (χ0v) is 12.4. The van der Waals surface area contributed by atoms with Gasteiger partial charge in [-0.15, -0.1) is 0 Å². The Balaban J connectivity index is 1.99. The highest BCUT2D eigenvalue weighted by Gasteiger charge is 2.32. The van der Waals surface area contributed by atoms with E-state index < -0.39 is 0 Å². The van der Waals surface area contributed by atoms with Crippen LogP contribution in [-0.2, 0) is 0 Å². The summed E-state index contributed by atoms with van der Waals surface area (Å²) in [5, 5.41) is 3.50. The third-order valence-corrected chi connectivity index (χ3v) is 5.24. The Morgan fingerprint density at radius 3 is 2.67 bits per heavy atom. The van der Waals surface area contributed by atoms with Crippen LogP contribution in [0.1, 0.15) is 51.1 Å². The van der Waals surface area contributed by atoms with Crippen LogP contribution in [0.4, 0.5) is 5.82 Å². The minimum atomic E-state index is 0.420. The predicted molar refractivity (Wildman–Crippen MR) is 79.3 cm³/mol. The molecule has 0 spiro atoms. The maximum absolute atomic E-state index is 4.32. The van der Waals surface area contributed by atoms with Gasteiger partial charge in [-0.1, -0.05) is 26.7 Å². The van der Waals surface area contributed by atoms with Crippen LogP contribution in [0.2, 0.25) is 0 Å². The molecule has 0 amide bonds. The zero-order valence-electron chi connectivity index (χ0n) is 11.6. The van der Waals surface area contributed by atoms with E-state index in [4.69, 9.17) is 0 Å². The molecule has 0 aromatic carbocycles. The fourth-order valence-electron chi connectivity index (χ4n) is 2.51. The first-order chi connectivity index (χ1) is 8.65. The summed E-state index contributed by atoms with van der Waals surface area (Å²) >= 11 is 2.00. The molecule has 0 aliphatic heterocycles. The Labute approximate surface area is 114 Å². The molecular weight excluding hydrogens is 242 g/mol. The number of rotatable bonds is 5. The van der Waals surface area contributed by atoms with E-state index in [1.807, 2.05) is 11.8 Å². The van der Waals surface area contributed by atoms with Crippen molar-refractivity contribution in [1.82, 2.24) is 9.97 Å². The molecule has 2 rings (SSSR count). The molecule has 0 atom stereocenters. The molecule has 1 heterocycles. The van der Waals surface area contributed by atoms with E-state index in [2.05, 4.69) is 41.5 Å². The number of thioether (sulfide) groups is 1. The number of hydrogen-bond donors (Lipinski definition) is 1. The monoisotopic (exact) mass is 265 g/mol. The quantitative estimate of drug-likeness (QED) is 0.881. The Morgan fingerprint density at radius 2 is 2.06 bits per heavy atom. The normalized spacial score (nSPS) is 18.2. The number of nitrogens with one attached hydrogen (secondary N) is 1. The molecule has 0 radical (unpaired) electrons. The van der Waals surface area contributed by atoms with Crippen LogP contribution in [0.5, 0.6) is 0 Å². The maximum atomic E-state index is 4.32. The molecule has 3 nitrogen and oxygen atoms in total. The topological polar surface area (TPSA) is 37.8 Å². The van der Waals surface area contributed by atoms with Crippen molar-refractivity contribution in [2.75, 3.05) is 18.1 Å². The number of nitrogens with zero attached hydrogens (tertiary/aromatic N) is 2. The molecule has 0 saturated heterocycles. The lowest BCUT2D eigenvalue weighted by Gasteiger charge is -2.27. The number of aromatic nitrogens is 2. The van der Waals surface area contributed by atoms with Gasteiger partial charge >= 0.3 is 0 Å². The average Bonchev–Trinajstić information content (AvgIpc) is 2.86. The molecule has 1 fully saturated rings. The third kappa shape index (κ3) is 3.16. The second-order valence-electron chi connectivity index (χ2n) is 5.43. The average molecular weight is 265 g/mol. The highest BCUT2D eigenvalue weighted by atomic mass is 32.2. The van der Waals surface area contributed by atoms with Crippen molar-refractivity contribution < 1.29 is 0 Å². The molecule has 1 aromatic heterocycles. The van der Waals surface area contributed by atoms with Gasteiger partial charge in [0.15, 0.2) is 0 Å². The Hall–Kier alpha value is -0.770. The molecule has 0 unspecified atom stereocenters. The van der Waals surface area contributed by atoms with Gasteiger partial charge in [0, 0.05) is 23.1 Å². The van der Waals surface area contributed by atoms with Gasteiger partial charge in [-0.25, -0.2) is 9.97 Å². The highest BCUT2D eigenvalue weighted by Crippen LogP contribution is 2.40. The smallest absolute Gasteiger partial charge is 0.129 e. The lowest BCUT2D eigenvalue weighted by Crippen LogP contribution is -2.30. The first-order valence-corrected chi connectivity index (χ1v) is 7.99. The van der Waals surface area contributed by atoms with Crippen molar-refractivity contribution >= 4 is 17.6 Å². The van der Waals surface area contributed by atoms with Gasteiger partial charge in [0.2, 0.25) is 0 Å². The van der Waals surface area contributed by atoms with Crippen molar-refractivity contribution in [2.24, 2.45) is 0 Å². The summed E-state index contributed by atoms with van der Waals surface area (Å²) in [5.41, 5.74) is 1.11. The minimum Gasteiger partial charge on any atom is -0.369 e. The lowest BCUT2D eigenvalue weighted by atomic mass is 10.1. The van der Waals surface area contributed by atoms with E-state index in [1.54, 1.807) is 6.33 Å². The summed E-state index contributed by atoms with van der Waals surface area (Å²) in [5.74, 6) is 1.42. The summed E-state index contributed by atoms with van der Waals surface area (Å²) in [6.45, 7) is 5.33. The lowest BCUT2D eigenvalue weighted by molar-refractivity contribution is 0.638. The third-order valence-electron chi connectivity index (χ3n) is 3.82. The van der Waals surface area contributed by atoms with E-state index >= 15 is 0 Å². The van der Waals surface area contributed by atoms with Crippen LogP contribution in [-0.4, -0.2) is 27.5 Å². The van der Waals surface area contributed by atoms with E-state index in [-0.39, 0.29) is 0 Å². The van der Waals surface area contributed by atoms with Gasteiger partial charge < -0.3 is 5.32 Å². The van der Waals surface area contributed by atoms with Gasteiger partial charge in [0.25, 0.3) is 0 Å². The first kappa shape index (κ1) is 13.7. The molecule has 4 heteroatoms. The molecule has 1 aromatic rings. The Morgan fingerprint density at radius 1 is 1.33 bits per heavy atom. The SMILES string of the molecule is CSC1(CNc2cc(C(C)C)ncn2)CCCC1. The molecular formula is C14H23N3S. The molecule has 1 aliphatic carbocycles. The van der Waals surface area contributed by atoms with Gasteiger partial charge in [-0.3, -0.25) is 0 Å². The second-order valence-corrected chi connectivity index (χ2v) is 6.70. The van der Waals surface area contributed by atoms with Crippen LogP contribution in [0, 0.1) is 0 Å². The highest BCUT2D eigenvalue weighted by molar-refractivity contribution is 8.00. The van der Waals surface area contributed by atoms with E-state index in [0.29, 0.717) is 10.7 Å². The first-order valence-electron chi connectivity index (χ1n) is 6.76.